The third kappa shape index (κ3) is 2.18. The molecule has 0 saturated carbocycles. The minimum Gasteiger partial charge on any atom is -0.294 e. The minimum atomic E-state index is 0.301. The second-order valence-corrected chi connectivity index (χ2v) is 3.74. The van der Waals surface area contributed by atoms with Crippen LogP contribution in [0.4, 0.5) is 0 Å². The standard InChI is InChI=1S/C10H14OS/c1-3-4-5-10(11)9-7-12-6-8(9)2/h6-7H,3-5H2,1-2H3. The van der Waals surface area contributed by atoms with Gasteiger partial charge < -0.3 is 0 Å². The molecule has 0 N–H and O–H groups in total. The summed E-state index contributed by atoms with van der Waals surface area (Å²) >= 11 is 1.61. The average Bonchev–Trinajstić information content (AvgIpc) is 2.47. The zero-order valence-corrected chi connectivity index (χ0v) is 8.41. The van der Waals surface area contributed by atoms with Gasteiger partial charge in [-0.15, -0.1) is 0 Å². The van der Waals surface area contributed by atoms with Crippen molar-refractivity contribution in [1.82, 2.24) is 0 Å². The van der Waals surface area contributed by atoms with Gasteiger partial charge in [0.15, 0.2) is 5.78 Å². The van der Waals surface area contributed by atoms with Gasteiger partial charge in [-0.05, 0) is 24.3 Å². The number of rotatable bonds is 4. The van der Waals surface area contributed by atoms with Crippen LogP contribution >= 0.6 is 11.3 Å². The lowest BCUT2D eigenvalue weighted by Gasteiger charge is -1.97. The number of thiophene rings is 1. The molecule has 0 aromatic carbocycles. The summed E-state index contributed by atoms with van der Waals surface area (Å²) in [6, 6.07) is 0. The molecule has 1 rings (SSSR count). The molecule has 2 heteroatoms. The SMILES string of the molecule is CCCCC(=O)c1cscc1C. The molecule has 0 atom stereocenters. The summed E-state index contributed by atoms with van der Waals surface area (Å²) in [5, 5.41) is 3.98. The fourth-order valence-corrected chi connectivity index (χ4v) is 1.97. The summed E-state index contributed by atoms with van der Waals surface area (Å²) in [5.74, 6) is 0.301. The molecule has 0 bridgehead atoms. The lowest BCUT2D eigenvalue weighted by molar-refractivity contribution is 0.0979. The van der Waals surface area contributed by atoms with E-state index in [2.05, 4.69) is 6.92 Å². The molecule has 1 heterocycles. The average molecular weight is 182 g/mol. The summed E-state index contributed by atoms with van der Waals surface area (Å²) in [4.78, 5) is 11.5. The Morgan fingerprint density at radius 3 is 2.75 bits per heavy atom. The summed E-state index contributed by atoms with van der Waals surface area (Å²) in [6.45, 7) is 4.10. The number of aryl methyl sites for hydroxylation is 1. The van der Waals surface area contributed by atoms with Crippen LogP contribution in [0.1, 0.15) is 42.1 Å². The Hall–Kier alpha value is -0.630. The van der Waals surface area contributed by atoms with Gasteiger partial charge in [-0.2, -0.15) is 11.3 Å². The maximum absolute atomic E-state index is 11.5. The maximum Gasteiger partial charge on any atom is 0.163 e. The first-order chi connectivity index (χ1) is 5.75. The third-order valence-electron chi connectivity index (χ3n) is 1.91. The fraction of sp³-hybridized carbons (Fsp3) is 0.500. The van der Waals surface area contributed by atoms with Crippen molar-refractivity contribution in [3.63, 3.8) is 0 Å². The van der Waals surface area contributed by atoms with E-state index in [1.54, 1.807) is 11.3 Å². The molecule has 0 aliphatic carbocycles. The van der Waals surface area contributed by atoms with E-state index in [1.807, 2.05) is 17.7 Å². The molecule has 66 valence electrons. The lowest BCUT2D eigenvalue weighted by atomic mass is 10.1. The molecule has 0 aliphatic heterocycles. The van der Waals surface area contributed by atoms with Crippen molar-refractivity contribution in [3.8, 4) is 0 Å². The Morgan fingerprint density at radius 2 is 2.25 bits per heavy atom. The van der Waals surface area contributed by atoms with Gasteiger partial charge in [-0.25, -0.2) is 0 Å². The molecule has 0 amide bonds. The largest absolute Gasteiger partial charge is 0.294 e. The Labute approximate surface area is 77.4 Å². The van der Waals surface area contributed by atoms with Crippen LogP contribution in [-0.4, -0.2) is 5.78 Å². The van der Waals surface area contributed by atoms with Crippen LogP contribution in [0.15, 0.2) is 10.8 Å². The first-order valence-corrected chi connectivity index (χ1v) is 5.26. The van der Waals surface area contributed by atoms with Crippen molar-refractivity contribution in [3.05, 3.63) is 21.9 Å². The maximum atomic E-state index is 11.5. The Kier molecular flexibility index (Phi) is 3.48. The van der Waals surface area contributed by atoms with Gasteiger partial charge in [0.1, 0.15) is 0 Å². The zero-order chi connectivity index (χ0) is 8.97. The molecule has 0 spiro atoms. The number of Topliss-reactive ketones (excluding diaryl/α,β-unsaturated/α-hetero) is 1. The summed E-state index contributed by atoms with van der Waals surface area (Å²) in [5.41, 5.74) is 2.05. The van der Waals surface area contributed by atoms with Gasteiger partial charge in [0.05, 0.1) is 0 Å². The van der Waals surface area contributed by atoms with E-state index in [4.69, 9.17) is 0 Å². The fourth-order valence-electron chi connectivity index (χ4n) is 1.12. The molecule has 1 aromatic rings. The highest BCUT2D eigenvalue weighted by molar-refractivity contribution is 7.08. The van der Waals surface area contributed by atoms with Gasteiger partial charge in [0.25, 0.3) is 0 Å². The van der Waals surface area contributed by atoms with Gasteiger partial charge in [0, 0.05) is 17.4 Å². The number of carbonyl (C=O) groups excluding carboxylic acids is 1. The molecule has 1 aromatic heterocycles. The van der Waals surface area contributed by atoms with Crippen molar-refractivity contribution in [2.75, 3.05) is 0 Å². The van der Waals surface area contributed by atoms with Crippen molar-refractivity contribution in [2.45, 2.75) is 33.1 Å². The molecule has 0 unspecified atom stereocenters. The molecular formula is C10H14OS. The molecule has 1 nitrogen and oxygen atoms in total. The van der Waals surface area contributed by atoms with Gasteiger partial charge in [0.2, 0.25) is 0 Å². The third-order valence-corrected chi connectivity index (χ3v) is 2.77. The monoisotopic (exact) mass is 182 g/mol. The van der Waals surface area contributed by atoms with Crippen LogP contribution in [0.3, 0.4) is 0 Å². The Balaban J connectivity index is 2.59. The first kappa shape index (κ1) is 9.46. The number of carbonyl (C=O) groups is 1. The second kappa shape index (κ2) is 4.41. The normalized spacial score (nSPS) is 10.2. The Morgan fingerprint density at radius 1 is 1.50 bits per heavy atom. The van der Waals surface area contributed by atoms with E-state index in [-0.39, 0.29) is 0 Å². The smallest absolute Gasteiger partial charge is 0.163 e. The predicted molar refractivity (Wildman–Crippen MR) is 52.9 cm³/mol. The van der Waals surface area contributed by atoms with Crippen LogP contribution in [0.25, 0.3) is 0 Å². The van der Waals surface area contributed by atoms with E-state index in [0.29, 0.717) is 12.2 Å². The van der Waals surface area contributed by atoms with Gasteiger partial charge in [-0.3, -0.25) is 4.79 Å². The number of ketones is 1. The number of hydrogen-bond donors (Lipinski definition) is 0. The van der Waals surface area contributed by atoms with Crippen LogP contribution in [0, 0.1) is 6.92 Å². The van der Waals surface area contributed by atoms with Crippen molar-refractivity contribution >= 4 is 17.1 Å². The van der Waals surface area contributed by atoms with E-state index < -0.39 is 0 Å². The highest BCUT2D eigenvalue weighted by Gasteiger charge is 2.08. The predicted octanol–water partition coefficient (Wildman–Crippen LogP) is 3.43. The van der Waals surface area contributed by atoms with Crippen molar-refractivity contribution < 1.29 is 4.79 Å². The summed E-state index contributed by atoms with van der Waals surface area (Å²) in [6.07, 6.45) is 2.80. The highest BCUT2D eigenvalue weighted by atomic mass is 32.1. The quantitative estimate of drug-likeness (QED) is 0.652. The molecule has 0 saturated heterocycles. The van der Waals surface area contributed by atoms with Crippen molar-refractivity contribution in [1.29, 1.82) is 0 Å². The minimum absolute atomic E-state index is 0.301. The Bertz CT molecular complexity index is 263. The first-order valence-electron chi connectivity index (χ1n) is 4.31. The molecule has 12 heavy (non-hydrogen) atoms. The van der Waals surface area contributed by atoms with Crippen LogP contribution in [-0.2, 0) is 0 Å². The number of hydrogen-bond acceptors (Lipinski definition) is 2. The zero-order valence-electron chi connectivity index (χ0n) is 7.59. The van der Waals surface area contributed by atoms with E-state index in [9.17, 15) is 4.79 Å². The van der Waals surface area contributed by atoms with Crippen LogP contribution in [0.2, 0.25) is 0 Å². The van der Waals surface area contributed by atoms with E-state index in [1.165, 1.54) is 0 Å². The lowest BCUT2D eigenvalue weighted by Crippen LogP contribution is -1.98. The van der Waals surface area contributed by atoms with E-state index in [0.717, 1.165) is 24.0 Å². The van der Waals surface area contributed by atoms with Gasteiger partial charge >= 0.3 is 0 Å². The molecule has 0 radical (unpaired) electrons. The summed E-state index contributed by atoms with van der Waals surface area (Å²) in [7, 11) is 0. The van der Waals surface area contributed by atoms with Crippen LogP contribution in [0.5, 0.6) is 0 Å². The second-order valence-electron chi connectivity index (χ2n) is 3.00. The molecular weight excluding hydrogens is 168 g/mol. The topological polar surface area (TPSA) is 17.1 Å². The van der Waals surface area contributed by atoms with E-state index >= 15 is 0 Å². The van der Waals surface area contributed by atoms with Gasteiger partial charge in [-0.1, -0.05) is 13.3 Å². The van der Waals surface area contributed by atoms with Crippen molar-refractivity contribution in [2.24, 2.45) is 0 Å². The molecule has 0 aliphatic rings. The highest BCUT2D eigenvalue weighted by Crippen LogP contribution is 2.16. The number of unbranched alkanes of at least 4 members (excludes halogenated alkanes) is 1. The molecule has 0 fully saturated rings. The summed E-state index contributed by atoms with van der Waals surface area (Å²) < 4.78 is 0. The van der Waals surface area contributed by atoms with Crippen LogP contribution < -0.4 is 0 Å².